The zero-order chi connectivity index (χ0) is 46.0. The standard InChI is InChI=1S/C26H29FN4O3S.C22H22N4O3S/c1-3-4-12-31(24(32)21-7-5-6-8-22(21)27)26-29-28-23(35-26)20-10-9-18(14-17(20)2)15-30-13-11-19(16-30)25(33)34;1-2-26(20(27)17-6-4-3-5-7-17)22-24-23-19(30-22)16-10-8-15(9-11-16)12-25-13-18(14-25)21(28)29/h5-10,14,19H,3-4,11-13,15-16H2,1-2H3,(H,33,34);3-11,18H,2,12-14H2,1H3,(H,28,29). The van der Waals surface area contributed by atoms with E-state index in [0.717, 1.165) is 58.8 Å². The minimum atomic E-state index is -0.729. The Kier molecular flexibility index (Phi) is 15.5. The molecule has 1 atom stereocenters. The molecule has 65 heavy (non-hydrogen) atoms. The van der Waals surface area contributed by atoms with E-state index in [2.05, 4.69) is 36.3 Å². The number of unbranched alkanes of at least 4 members (excludes halogenated alkanes) is 1. The lowest BCUT2D eigenvalue weighted by Crippen LogP contribution is -2.49. The quantitative estimate of drug-likeness (QED) is 0.0951. The van der Waals surface area contributed by atoms with Gasteiger partial charge in [-0.25, -0.2) is 4.39 Å². The van der Waals surface area contributed by atoms with Gasteiger partial charge in [-0.1, -0.05) is 109 Å². The van der Waals surface area contributed by atoms with Crippen molar-refractivity contribution in [2.45, 2.75) is 53.1 Å². The second-order valence-corrected chi connectivity index (χ2v) is 18.0. The van der Waals surface area contributed by atoms with E-state index in [0.29, 0.717) is 66.5 Å². The van der Waals surface area contributed by atoms with Crippen LogP contribution in [-0.2, 0) is 22.7 Å². The van der Waals surface area contributed by atoms with Crippen LogP contribution < -0.4 is 9.80 Å². The van der Waals surface area contributed by atoms with Gasteiger partial charge in [-0.2, -0.15) is 0 Å². The minimum Gasteiger partial charge on any atom is -0.481 e. The van der Waals surface area contributed by atoms with Gasteiger partial charge in [-0.15, -0.1) is 20.4 Å². The van der Waals surface area contributed by atoms with Crippen LogP contribution in [0, 0.1) is 24.6 Å². The summed E-state index contributed by atoms with van der Waals surface area (Å²) >= 11 is 2.70. The zero-order valence-electron chi connectivity index (χ0n) is 36.5. The fraction of sp³-hybridized carbons (Fsp3) is 0.333. The first-order valence-electron chi connectivity index (χ1n) is 21.6. The average Bonchev–Trinajstić information content (AvgIpc) is 4.09. The Hall–Kier alpha value is -6.27. The van der Waals surface area contributed by atoms with Crippen molar-refractivity contribution in [3.63, 3.8) is 0 Å². The van der Waals surface area contributed by atoms with Gasteiger partial charge in [0, 0.05) is 62.5 Å². The van der Waals surface area contributed by atoms with Gasteiger partial charge < -0.3 is 10.2 Å². The Morgan fingerprint density at radius 1 is 0.708 bits per heavy atom. The van der Waals surface area contributed by atoms with E-state index in [9.17, 15) is 28.7 Å². The van der Waals surface area contributed by atoms with Gasteiger partial charge in [0.05, 0.1) is 17.4 Å². The van der Waals surface area contributed by atoms with Crippen LogP contribution in [0.5, 0.6) is 0 Å². The first kappa shape index (κ1) is 46.7. The number of aryl methyl sites for hydroxylation is 1. The van der Waals surface area contributed by atoms with Crippen LogP contribution in [-0.4, -0.2) is 103 Å². The van der Waals surface area contributed by atoms with Crippen LogP contribution in [0.25, 0.3) is 21.1 Å². The lowest BCUT2D eigenvalue weighted by Gasteiger charge is -2.36. The lowest BCUT2D eigenvalue weighted by molar-refractivity contribution is -0.147. The molecule has 0 saturated carbocycles. The first-order chi connectivity index (χ1) is 31.4. The van der Waals surface area contributed by atoms with Crippen LogP contribution in [0.2, 0.25) is 0 Å². The van der Waals surface area contributed by atoms with Crippen molar-refractivity contribution in [2.75, 3.05) is 49.1 Å². The fourth-order valence-corrected chi connectivity index (χ4v) is 9.60. The molecular formula is C48H51FN8O6S2. The summed E-state index contributed by atoms with van der Waals surface area (Å²) in [6.45, 7) is 10.9. The largest absolute Gasteiger partial charge is 0.481 e. The number of carboxylic acid groups (broad SMARTS) is 2. The van der Waals surface area contributed by atoms with E-state index in [1.165, 1.54) is 39.7 Å². The number of aromatic nitrogens is 4. The van der Waals surface area contributed by atoms with E-state index < -0.39 is 23.7 Å². The molecule has 8 rings (SSSR count). The highest BCUT2D eigenvalue weighted by Gasteiger charge is 2.32. The van der Waals surface area contributed by atoms with E-state index in [4.69, 9.17) is 5.11 Å². The Labute approximate surface area is 385 Å². The minimum absolute atomic E-state index is 0.0212. The molecule has 6 aromatic rings. The predicted molar refractivity (Wildman–Crippen MR) is 250 cm³/mol. The number of anilines is 2. The van der Waals surface area contributed by atoms with Gasteiger partial charge >= 0.3 is 11.9 Å². The van der Waals surface area contributed by atoms with Crippen molar-refractivity contribution in [3.05, 3.63) is 131 Å². The summed E-state index contributed by atoms with van der Waals surface area (Å²) in [5.74, 6) is -3.06. The Morgan fingerprint density at radius 2 is 1.32 bits per heavy atom. The second-order valence-electron chi connectivity index (χ2n) is 16.1. The summed E-state index contributed by atoms with van der Waals surface area (Å²) in [6, 6.07) is 29.3. The summed E-state index contributed by atoms with van der Waals surface area (Å²) in [5.41, 5.74) is 5.78. The molecule has 0 aliphatic carbocycles. The molecule has 17 heteroatoms. The van der Waals surface area contributed by atoms with Crippen LogP contribution in [0.15, 0.2) is 97.1 Å². The zero-order valence-corrected chi connectivity index (χ0v) is 38.1. The molecule has 1 unspecified atom stereocenters. The molecule has 2 saturated heterocycles. The van der Waals surface area contributed by atoms with Crippen molar-refractivity contribution in [1.29, 1.82) is 0 Å². The molecule has 338 valence electrons. The molecular weight excluding hydrogens is 868 g/mol. The molecule has 4 heterocycles. The molecule has 0 radical (unpaired) electrons. The number of rotatable bonds is 16. The maximum Gasteiger partial charge on any atom is 0.309 e. The molecule has 2 aromatic heterocycles. The van der Waals surface area contributed by atoms with Crippen molar-refractivity contribution in [3.8, 4) is 21.1 Å². The van der Waals surface area contributed by atoms with Crippen LogP contribution in [0.4, 0.5) is 14.7 Å². The van der Waals surface area contributed by atoms with Gasteiger partial charge in [0.15, 0.2) is 0 Å². The first-order valence-corrected chi connectivity index (χ1v) is 23.2. The SMILES string of the molecule is CCCCN(C(=O)c1ccccc1F)c1nnc(-c2ccc(CN3CCC(C(=O)O)C3)cc2C)s1.CCN(C(=O)c1ccccc1)c1nnc(-c2ccc(CN3CC(C(=O)O)C3)cc2)s1. The number of halogens is 1. The molecule has 2 aliphatic heterocycles. The lowest BCUT2D eigenvalue weighted by atomic mass is 9.99. The number of hydrogen-bond acceptors (Lipinski definition) is 12. The third-order valence-electron chi connectivity index (χ3n) is 11.4. The van der Waals surface area contributed by atoms with Crippen molar-refractivity contribution in [1.82, 2.24) is 30.2 Å². The topological polar surface area (TPSA) is 173 Å². The Balaban J connectivity index is 0.000000196. The van der Waals surface area contributed by atoms with Crippen LogP contribution >= 0.6 is 22.7 Å². The monoisotopic (exact) mass is 918 g/mol. The number of aliphatic carboxylic acids is 2. The number of carbonyl (C=O) groups excluding carboxylic acids is 2. The fourth-order valence-electron chi connectivity index (χ4n) is 7.72. The Morgan fingerprint density at radius 3 is 1.97 bits per heavy atom. The van der Waals surface area contributed by atoms with Crippen molar-refractivity contribution < 1.29 is 33.8 Å². The molecule has 2 fully saturated rings. The van der Waals surface area contributed by atoms with Gasteiger partial charge in [0.25, 0.3) is 11.8 Å². The number of carbonyl (C=O) groups is 4. The molecule has 4 aromatic carbocycles. The molecule has 2 amide bonds. The van der Waals surface area contributed by atoms with Crippen molar-refractivity contribution in [2.24, 2.45) is 11.8 Å². The highest BCUT2D eigenvalue weighted by molar-refractivity contribution is 7.19. The van der Waals surface area contributed by atoms with Gasteiger partial charge in [-0.3, -0.25) is 38.8 Å². The molecule has 14 nitrogen and oxygen atoms in total. The summed E-state index contributed by atoms with van der Waals surface area (Å²) in [5, 5.41) is 37.8. The molecule has 0 bridgehead atoms. The van der Waals surface area contributed by atoms with E-state index in [-0.39, 0.29) is 23.3 Å². The van der Waals surface area contributed by atoms with Gasteiger partial charge in [0.1, 0.15) is 15.8 Å². The maximum absolute atomic E-state index is 14.3. The molecule has 0 spiro atoms. The number of likely N-dealkylation sites (tertiary alicyclic amines) is 2. The van der Waals surface area contributed by atoms with Crippen LogP contribution in [0.3, 0.4) is 0 Å². The van der Waals surface area contributed by atoms with Gasteiger partial charge in [0.2, 0.25) is 10.3 Å². The third-order valence-corrected chi connectivity index (χ3v) is 13.4. The number of benzene rings is 4. The number of nitrogens with zero attached hydrogens (tertiary/aromatic N) is 8. The van der Waals surface area contributed by atoms with Crippen LogP contribution in [0.1, 0.15) is 70.5 Å². The van der Waals surface area contributed by atoms with E-state index in [1.54, 1.807) is 29.2 Å². The van der Waals surface area contributed by atoms with Gasteiger partial charge in [-0.05, 0) is 74.2 Å². The molecule has 2 N–H and O–H groups in total. The third kappa shape index (κ3) is 11.5. The van der Waals surface area contributed by atoms with E-state index >= 15 is 0 Å². The van der Waals surface area contributed by atoms with E-state index in [1.807, 2.05) is 75.4 Å². The normalized spacial score (nSPS) is 15.2. The summed E-state index contributed by atoms with van der Waals surface area (Å²) < 4.78 is 14.3. The smallest absolute Gasteiger partial charge is 0.309 e. The molecule has 2 aliphatic rings. The number of hydrogen-bond donors (Lipinski definition) is 2. The highest BCUT2D eigenvalue weighted by Crippen LogP contribution is 2.34. The van der Waals surface area contributed by atoms with Crippen molar-refractivity contribution >= 4 is 56.7 Å². The number of carboxylic acids is 2. The average molecular weight is 919 g/mol. The number of amides is 2. The summed E-state index contributed by atoms with van der Waals surface area (Å²) in [6.07, 6.45) is 2.33. The highest BCUT2D eigenvalue weighted by atomic mass is 32.1. The summed E-state index contributed by atoms with van der Waals surface area (Å²) in [7, 11) is 0. The predicted octanol–water partition coefficient (Wildman–Crippen LogP) is 8.39. The Bertz CT molecular complexity index is 2600. The second kappa shape index (κ2) is 21.6. The summed E-state index contributed by atoms with van der Waals surface area (Å²) in [4.78, 5) is 55.5. The maximum atomic E-state index is 14.3.